The minimum atomic E-state index is -1.06. The minimum absolute atomic E-state index is 0.0122. The average Bonchev–Trinajstić information content (AvgIpc) is 2.88. The van der Waals surface area contributed by atoms with Gasteiger partial charge in [0.15, 0.2) is 5.69 Å². The quantitative estimate of drug-likeness (QED) is 0.883. The van der Waals surface area contributed by atoms with E-state index in [-0.39, 0.29) is 18.1 Å². The number of aromatic carboxylic acids is 1. The molecule has 5 nitrogen and oxygen atoms in total. The van der Waals surface area contributed by atoms with Crippen LogP contribution >= 0.6 is 11.3 Å². The summed E-state index contributed by atoms with van der Waals surface area (Å²) in [5.74, 6) is -1.16. The molecule has 0 aliphatic carbocycles. The first kappa shape index (κ1) is 14.2. The van der Waals surface area contributed by atoms with Gasteiger partial charge in [-0.2, -0.15) is 0 Å². The Morgan fingerprint density at radius 2 is 2.10 bits per heavy atom. The maximum Gasteiger partial charge on any atom is 0.355 e. The first-order valence-corrected chi connectivity index (χ1v) is 6.93. The van der Waals surface area contributed by atoms with Crippen molar-refractivity contribution in [1.29, 1.82) is 0 Å². The van der Waals surface area contributed by atoms with Gasteiger partial charge < -0.3 is 10.4 Å². The number of aromatic nitrogens is 1. The summed E-state index contributed by atoms with van der Waals surface area (Å²) in [7, 11) is 0. The smallest absolute Gasteiger partial charge is 0.355 e. The van der Waals surface area contributed by atoms with E-state index in [9.17, 15) is 9.59 Å². The summed E-state index contributed by atoms with van der Waals surface area (Å²) in [6, 6.07) is 7.71. The van der Waals surface area contributed by atoms with Crippen LogP contribution in [-0.2, 0) is 17.8 Å². The van der Waals surface area contributed by atoms with Crippen LogP contribution in [0.4, 0.5) is 0 Å². The van der Waals surface area contributed by atoms with Gasteiger partial charge >= 0.3 is 5.97 Å². The van der Waals surface area contributed by atoms with Gasteiger partial charge in [-0.05, 0) is 18.1 Å². The lowest BCUT2D eigenvalue weighted by Crippen LogP contribution is -2.24. The van der Waals surface area contributed by atoms with E-state index < -0.39 is 5.97 Å². The Balaban J connectivity index is 1.89. The summed E-state index contributed by atoms with van der Waals surface area (Å²) in [6.07, 6.45) is 0.309. The Labute approximate surface area is 120 Å². The number of thiazole rings is 1. The molecule has 20 heavy (non-hydrogen) atoms. The first-order chi connectivity index (χ1) is 9.56. The molecule has 0 saturated heterocycles. The SMILES string of the molecule is Cc1ccccc1CC(=O)NCc1nc(C(=O)O)cs1. The zero-order valence-corrected chi connectivity index (χ0v) is 11.7. The number of carboxylic acid groups (broad SMARTS) is 1. The van der Waals surface area contributed by atoms with Gasteiger partial charge in [0.25, 0.3) is 0 Å². The molecule has 0 atom stereocenters. The highest BCUT2D eigenvalue weighted by molar-refractivity contribution is 7.09. The maximum atomic E-state index is 11.8. The molecule has 0 aliphatic heterocycles. The lowest BCUT2D eigenvalue weighted by Gasteiger charge is -2.05. The summed E-state index contributed by atoms with van der Waals surface area (Å²) in [4.78, 5) is 26.4. The van der Waals surface area contributed by atoms with Gasteiger partial charge in [-0.25, -0.2) is 9.78 Å². The number of carboxylic acids is 1. The third kappa shape index (κ3) is 3.64. The van der Waals surface area contributed by atoms with Crippen molar-refractivity contribution in [2.75, 3.05) is 0 Å². The molecule has 1 aromatic heterocycles. The molecule has 6 heteroatoms. The largest absolute Gasteiger partial charge is 0.476 e. The van der Waals surface area contributed by atoms with E-state index in [1.165, 1.54) is 16.7 Å². The van der Waals surface area contributed by atoms with E-state index >= 15 is 0 Å². The third-order valence-corrected chi connectivity index (χ3v) is 3.67. The number of hydrogen-bond donors (Lipinski definition) is 2. The zero-order chi connectivity index (χ0) is 14.5. The Morgan fingerprint density at radius 3 is 2.75 bits per heavy atom. The van der Waals surface area contributed by atoms with Crippen LogP contribution in [0.3, 0.4) is 0 Å². The third-order valence-electron chi connectivity index (χ3n) is 2.82. The van der Waals surface area contributed by atoms with E-state index in [0.717, 1.165) is 11.1 Å². The molecular formula is C14H14N2O3S. The van der Waals surface area contributed by atoms with Crippen molar-refractivity contribution in [3.05, 3.63) is 51.5 Å². The Hall–Kier alpha value is -2.21. The van der Waals surface area contributed by atoms with Gasteiger partial charge in [-0.15, -0.1) is 11.3 Å². The molecule has 1 aromatic carbocycles. The van der Waals surface area contributed by atoms with Gasteiger partial charge in [0, 0.05) is 5.38 Å². The number of carbonyl (C=O) groups is 2. The highest BCUT2D eigenvalue weighted by Gasteiger charge is 2.10. The Morgan fingerprint density at radius 1 is 1.35 bits per heavy atom. The molecule has 0 fully saturated rings. The van der Waals surface area contributed by atoms with E-state index in [4.69, 9.17) is 5.11 Å². The number of hydrogen-bond acceptors (Lipinski definition) is 4. The summed E-state index contributed by atoms with van der Waals surface area (Å²) in [6.45, 7) is 2.21. The van der Waals surface area contributed by atoms with Gasteiger partial charge in [0.2, 0.25) is 5.91 Å². The fraction of sp³-hybridized carbons (Fsp3) is 0.214. The second-order valence-electron chi connectivity index (χ2n) is 4.31. The Kier molecular flexibility index (Phi) is 4.47. The van der Waals surface area contributed by atoms with Crippen molar-refractivity contribution < 1.29 is 14.7 Å². The molecule has 0 spiro atoms. The molecule has 0 saturated carbocycles. The van der Waals surface area contributed by atoms with Crippen LogP contribution in [-0.4, -0.2) is 22.0 Å². The molecule has 2 aromatic rings. The van der Waals surface area contributed by atoms with Crippen molar-refractivity contribution in [3.63, 3.8) is 0 Å². The van der Waals surface area contributed by atoms with E-state index in [1.807, 2.05) is 31.2 Å². The first-order valence-electron chi connectivity index (χ1n) is 6.05. The van der Waals surface area contributed by atoms with Crippen molar-refractivity contribution in [3.8, 4) is 0 Å². The standard InChI is InChI=1S/C14H14N2O3S/c1-9-4-2-3-5-10(9)6-12(17)15-7-13-16-11(8-20-13)14(18)19/h2-5,8H,6-7H2,1H3,(H,15,17)(H,18,19). The summed E-state index contributed by atoms with van der Waals surface area (Å²) in [5, 5.41) is 13.5. The van der Waals surface area contributed by atoms with Crippen LogP contribution in [0.15, 0.2) is 29.6 Å². The van der Waals surface area contributed by atoms with Gasteiger partial charge in [0.05, 0.1) is 13.0 Å². The fourth-order valence-corrected chi connectivity index (χ4v) is 2.42. The van der Waals surface area contributed by atoms with Crippen LogP contribution in [0.25, 0.3) is 0 Å². The molecular weight excluding hydrogens is 276 g/mol. The number of rotatable bonds is 5. The second-order valence-corrected chi connectivity index (χ2v) is 5.25. The fourth-order valence-electron chi connectivity index (χ4n) is 1.71. The molecule has 0 unspecified atom stereocenters. The maximum absolute atomic E-state index is 11.8. The van der Waals surface area contributed by atoms with Crippen LogP contribution in [0.1, 0.15) is 26.6 Å². The molecule has 1 heterocycles. The molecule has 0 aliphatic rings. The van der Waals surface area contributed by atoms with Crippen molar-refractivity contribution >= 4 is 23.2 Å². The normalized spacial score (nSPS) is 10.2. The van der Waals surface area contributed by atoms with Crippen molar-refractivity contribution in [1.82, 2.24) is 10.3 Å². The average molecular weight is 290 g/mol. The molecule has 0 radical (unpaired) electrons. The van der Waals surface area contributed by atoms with Crippen LogP contribution < -0.4 is 5.32 Å². The van der Waals surface area contributed by atoms with Crippen molar-refractivity contribution in [2.24, 2.45) is 0 Å². The van der Waals surface area contributed by atoms with Gasteiger partial charge in [-0.1, -0.05) is 24.3 Å². The van der Waals surface area contributed by atoms with E-state index in [2.05, 4.69) is 10.3 Å². The number of amides is 1. The highest BCUT2D eigenvalue weighted by atomic mass is 32.1. The van der Waals surface area contributed by atoms with Gasteiger partial charge in [0.1, 0.15) is 5.01 Å². The van der Waals surface area contributed by atoms with Crippen LogP contribution in [0.5, 0.6) is 0 Å². The number of nitrogens with one attached hydrogen (secondary N) is 1. The lowest BCUT2D eigenvalue weighted by atomic mass is 10.1. The topological polar surface area (TPSA) is 79.3 Å². The molecule has 2 N–H and O–H groups in total. The Bertz CT molecular complexity index is 637. The monoisotopic (exact) mass is 290 g/mol. The second kappa shape index (κ2) is 6.29. The van der Waals surface area contributed by atoms with E-state index in [0.29, 0.717) is 11.4 Å². The summed E-state index contributed by atoms with van der Waals surface area (Å²) in [5.41, 5.74) is 2.07. The zero-order valence-electron chi connectivity index (χ0n) is 10.9. The highest BCUT2D eigenvalue weighted by Crippen LogP contribution is 2.10. The lowest BCUT2D eigenvalue weighted by molar-refractivity contribution is -0.120. The van der Waals surface area contributed by atoms with Crippen LogP contribution in [0, 0.1) is 6.92 Å². The number of nitrogens with zero attached hydrogens (tertiary/aromatic N) is 1. The minimum Gasteiger partial charge on any atom is -0.476 e. The molecule has 104 valence electrons. The predicted molar refractivity (Wildman–Crippen MR) is 75.8 cm³/mol. The van der Waals surface area contributed by atoms with E-state index in [1.54, 1.807) is 0 Å². The number of aryl methyl sites for hydroxylation is 1. The van der Waals surface area contributed by atoms with Crippen LogP contribution in [0.2, 0.25) is 0 Å². The summed E-state index contributed by atoms with van der Waals surface area (Å²) >= 11 is 1.22. The number of benzene rings is 1. The van der Waals surface area contributed by atoms with Crippen molar-refractivity contribution in [2.45, 2.75) is 19.9 Å². The number of carbonyl (C=O) groups excluding carboxylic acids is 1. The summed E-state index contributed by atoms with van der Waals surface area (Å²) < 4.78 is 0. The molecule has 0 bridgehead atoms. The predicted octanol–water partition coefficient (Wildman–Crippen LogP) is 2.01. The molecule has 2 rings (SSSR count). The molecule has 1 amide bonds. The van der Waals surface area contributed by atoms with Gasteiger partial charge in [-0.3, -0.25) is 4.79 Å².